The van der Waals surface area contributed by atoms with E-state index in [0.29, 0.717) is 18.1 Å². The topological polar surface area (TPSA) is 92.9 Å². The zero-order valence-electron chi connectivity index (χ0n) is 9.86. The lowest BCUT2D eigenvalue weighted by atomic mass is 9.77. The Kier molecular flexibility index (Phi) is 3.23. The molecule has 1 aromatic rings. The highest BCUT2D eigenvalue weighted by Crippen LogP contribution is 2.33. The van der Waals surface area contributed by atoms with Crippen LogP contribution in [0.5, 0.6) is 0 Å². The van der Waals surface area contributed by atoms with Gasteiger partial charge >= 0.3 is 0 Å². The number of aromatic nitrogens is 2. The number of nitrogens with two attached hydrogens (primary N) is 1. The average molecular weight is 235 g/mol. The van der Waals surface area contributed by atoms with Gasteiger partial charge in [0.15, 0.2) is 5.69 Å². The Balaban J connectivity index is 2.05. The first kappa shape index (κ1) is 11.8. The van der Waals surface area contributed by atoms with Crippen molar-refractivity contribution in [3.63, 3.8) is 0 Å². The summed E-state index contributed by atoms with van der Waals surface area (Å²) in [6.45, 7) is 0.589. The summed E-state index contributed by atoms with van der Waals surface area (Å²) in [6.07, 6.45) is 3.30. The lowest BCUT2D eigenvalue weighted by Crippen LogP contribution is -2.51. The van der Waals surface area contributed by atoms with Crippen molar-refractivity contribution in [2.75, 3.05) is 18.9 Å². The Morgan fingerprint density at radius 1 is 1.47 bits per heavy atom. The number of hydrogen-bond acceptors (Lipinski definition) is 5. The van der Waals surface area contributed by atoms with Crippen molar-refractivity contribution in [1.82, 2.24) is 15.5 Å². The molecule has 0 aliphatic heterocycles. The van der Waals surface area contributed by atoms with Crippen LogP contribution in [0, 0.1) is 0 Å². The van der Waals surface area contributed by atoms with Crippen molar-refractivity contribution >= 4 is 11.7 Å². The molecule has 0 saturated heterocycles. The van der Waals surface area contributed by atoms with Gasteiger partial charge < -0.3 is 16.4 Å². The number of carbonyl (C=O) groups is 1. The quantitative estimate of drug-likeness (QED) is 0.689. The molecule has 1 aromatic heterocycles. The maximum Gasteiger partial charge on any atom is 0.271 e. The third-order valence-corrected chi connectivity index (χ3v) is 3.22. The van der Waals surface area contributed by atoms with Crippen molar-refractivity contribution in [1.29, 1.82) is 0 Å². The summed E-state index contributed by atoms with van der Waals surface area (Å²) in [4.78, 5) is 11.3. The van der Waals surface area contributed by atoms with E-state index in [2.05, 4.69) is 20.8 Å². The van der Waals surface area contributed by atoms with Crippen molar-refractivity contribution < 1.29 is 4.79 Å². The second kappa shape index (κ2) is 4.67. The Morgan fingerprint density at radius 3 is 2.65 bits per heavy atom. The predicted molar refractivity (Wildman–Crippen MR) is 64.7 cm³/mol. The molecule has 0 aromatic carbocycles. The first-order chi connectivity index (χ1) is 8.19. The molecule has 17 heavy (non-hydrogen) atoms. The predicted octanol–water partition coefficient (Wildman–Crippen LogP) is 0.129. The fraction of sp³-hybridized carbons (Fsp3) is 0.545. The third kappa shape index (κ3) is 2.36. The minimum absolute atomic E-state index is 0.0246. The molecule has 0 radical (unpaired) electrons. The Bertz CT molecular complexity index is 393. The van der Waals surface area contributed by atoms with Crippen LogP contribution in [0.25, 0.3) is 0 Å². The highest BCUT2D eigenvalue weighted by Gasteiger charge is 2.35. The second-order valence-electron chi connectivity index (χ2n) is 4.35. The molecule has 0 spiro atoms. The molecule has 1 fully saturated rings. The summed E-state index contributed by atoms with van der Waals surface area (Å²) >= 11 is 0. The summed E-state index contributed by atoms with van der Waals surface area (Å²) in [6, 6.07) is 3.41. The molecule has 0 unspecified atom stereocenters. The number of amides is 1. The summed E-state index contributed by atoms with van der Waals surface area (Å²) in [5, 5.41) is 13.6. The zero-order valence-corrected chi connectivity index (χ0v) is 9.86. The molecule has 1 amide bonds. The van der Waals surface area contributed by atoms with Gasteiger partial charge in [-0.2, -0.15) is 0 Å². The van der Waals surface area contributed by atoms with Gasteiger partial charge in [0, 0.05) is 13.6 Å². The Labute approximate surface area is 100.0 Å². The van der Waals surface area contributed by atoms with Crippen LogP contribution in [0.2, 0.25) is 0 Å². The van der Waals surface area contributed by atoms with Crippen LogP contribution in [0.4, 0.5) is 5.82 Å². The fourth-order valence-corrected chi connectivity index (χ4v) is 1.90. The average Bonchev–Trinajstić information content (AvgIpc) is 2.33. The highest BCUT2D eigenvalue weighted by molar-refractivity contribution is 5.91. The van der Waals surface area contributed by atoms with Gasteiger partial charge in [-0.25, -0.2) is 0 Å². The van der Waals surface area contributed by atoms with Gasteiger partial charge in [0.05, 0.1) is 5.54 Å². The SMILES string of the molecule is CNC(=O)c1ccc(NC2(CN)CCC2)nn1. The van der Waals surface area contributed by atoms with E-state index in [-0.39, 0.29) is 11.4 Å². The summed E-state index contributed by atoms with van der Waals surface area (Å²) < 4.78 is 0. The number of carbonyl (C=O) groups excluding carboxylic acids is 1. The van der Waals surface area contributed by atoms with Crippen LogP contribution in [0.1, 0.15) is 29.8 Å². The molecule has 2 rings (SSSR count). The van der Waals surface area contributed by atoms with Gasteiger partial charge in [-0.15, -0.1) is 10.2 Å². The van der Waals surface area contributed by atoms with E-state index in [1.807, 2.05) is 0 Å². The maximum absolute atomic E-state index is 11.3. The minimum Gasteiger partial charge on any atom is -0.362 e. The first-order valence-corrected chi connectivity index (χ1v) is 5.73. The van der Waals surface area contributed by atoms with Crippen molar-refractivity contribution in [2.45, 2.75) is 24.8 Å². The van der Waals surface area contributed by atoms with Crippen LogP contribution in [-0.2, 0) is 0 Å². The molecule has 1 saturated carbocycles. The molecule has 1 aliphatic rings. The molecule has 1 heterocycles. The molecule has 92 valence electrons. The number of rotatable bonds is 4. The molecule has 6 nitrogen and oxygen atoms in total. The van der Waals surface area contributed by atoms with E-state index < -0.39 is 0 Å². The monoisotopic (exact) mass is 235 g/mol. The van der Waals surface area contributed by atoms with E-state index in [0.717, 1.165) is 12.8 Å². The van der Waals surface area contributed by atoms with Crippen molar-refractivity contribution in [3.05, 3.63) is 17.8 Å². The van der Waals surface area contributed by atoms with Gasteiger partial charge in [0.1, 0.15) is 5.82 Å². The number of hydrogen-bond donors (Lipinski definition) is 3. The summed E-state index contributed by atoms with van der Waals surface area (Å²) in [5.41, 5.74) is 6.03. The molecule has 1 aliphatic carbocycles. The summed E-state index contributed by atoms with van der Waals surface area (Å²) in [5.74, 6) is 0.434. The standard InChI is InChI=1S/C11H17N5O/c1-13-10(17)8-3-4-9(16-15-8)14-11(7-12)5-2-6-11/h3-4H,2,5-7,12H2,1H3,(H,13,17)(H,14,16). The van der Waals surface area contributed by atoms with Crippen LogP contribution < -0.4 is 16.4 Å². The molecule has 0 bridgehead atoms. The van der Waals surface area contributed by atoms with Gasteiger partial charge in [-0.1, -0.05) is 0 Å². The van der Waals surface area contributed by atoms with E-state index >= 15 is 0 Å². The van der Waals surface area contributed by atoms with E-state index in [1.54, 1.807) is 19.2 Å². The second-order valence-corrected chi connectivity index (χ2v) is 4.35. The van der Waals surface area contributed by atoms with Crippen LogP contribution in [-0.4, -0.2) is 35.2 Å². The third-order valence-electron chi connectivity index (χ3n) is 3.22. The van der Waals surface area contributed by atoms with Gasteiger partial charge in [-0.05, 0) is 31.4 Å². The Morgan fingerprint density at radius 2 is 2.24 bits per heavy atom. The number of nitrogens with zero attached hydrogens (tertiary/aromatic N) is 2. The van der Waals surface area contributed by atoms with Crippen LogP contribution in [0.15, 0.2) is 12.1 Å². The summed E-state index contributed by atoms with van der Waals surface area (Å²) in [7, 11) is 1.56. The normalized spacial score (nSPS) is 17.1. The minimum atomic E-state index is -0.235. The molecular weight excluding hydrogens is 218 g/mol. The number of nitrogens with one attached hydrogen (secondary N) is 2. The Hall–Kier alpha value is -1.69. The number of anilines is 1. The fourth-order valence-electron chi connectivity index (χ4n) is 1.90. The zero-order chi connectivity index (χ0) is 12.3. The molecule has 0 atom stereocenters. The lowest BCUT2D eigenvalue weighted by molar-refractivity contribution is 0.0957. The van der Waals surface area contributed by atoms with E-state index in [1.165, 1.54) is 6.42 Å². The van der Waals surface area contributed by atoms with E-state index in [9.17, 15) is 4.79 Å². The van der Waals surface area contributed by atoms with Crippen molar-refractivity contribution in [3.8, 4) is 0 Å². The molecule has 4 N–H and O–H groups in total. The van der Waals surface area contributed by atoms with Crippen LogP contribution in [0.3, 0.4) is 0 Å². The van der Waals surface area contributed by atoms with Gasteiger partial charge in [-0.3, -0.25) is 4.79 Å². The highest BCUT2D eigenvalue weighted by atomic mass is 16.1. The lowest BCUT2D eigenvalue weighted by Gasteiger charge is -2.41. The van der Waals surface area contributed by atoms with E-state index in [4.69, 9.17) is 5.73 Å². The smallest absolute Gasteiger partial charge is 0.271 e. The van der Waals surface area contributed by atoms with Gasteiger partial charge in [0.25, 0.3) is 5.91 Å². The molecular formula is C11H17N5O. The van der Waals surface area contributed by atoms with Crippen molar-refractivity contribution in [2.24, 2.45) is 5.73 Å². The largest absolute Gasteiger partial charge is 0.362 e. The van der Waals surface area contributed by atoms with Gasteiger partial charge in [0.2, 0.25) is 0 Å². The van der Waals surface area contributed by atoms with Crippen LogP contribution >= 0.6 is 0 Å². The first-order valence-electron chi connectivity index (χ1n) is 5.73. The molecule has 6 heteroatoms. The maximum atomic E-state index is 11.3.